The Balaban J connectivity index is 1.42. The van der Waals surface area contributed by atoms with E-state index in [2.05, 4.69) is 35.6 Å². The molecule has 2 fully saturated rings. The zero-order valence-electron chi connectivity index (χ0n) is 16.0. The lowest BCUT2D eigenvalue weighted by Gasteiger charge is -2.27. The van der Waals surface area contributed by atoms with Crippen LogP contribution in [0, 0.1) is 0 Å². The lowest BCUT2D eigenvalue weighted by atomic mass is 9.99. The van der Waals surface area contributed by atoms with Gasteiger partial charge in [-0.2, -0.15) is 15.2 Å². The molecule has 0 bridgehead atoms. The van der Waals surface area contributed by atoms with Crippen molar-refractivity contribution >= 4 is 40.5 Å². The number of carboxylic acid groups (broad SMARTS) is 2. The number of carboxylic acids is 2. The number of aliphatic hydroxyl groups is 1. The number of anilines is 1. The summed E-state index contributed by atoms with van der Waals surface area (Å²) in [4.78, 5) is 35.4. The molecule has 1 aliphatic heterocycles. The maximum Gasteiger partial charge on any atom is 0.348 e. The van der Waals surface area contributed by atoms with Crippen LogP contribution in [-0.4, -0.2) is 97.0 Å². The third kappa shape index (κ3) is 2.93. The second-order valence-electron chi connectivity index (χ2n) is 7.42. The molecule has 33 heavy (non-hydrogen) atoms. The number of aromatic nitrogens is 8. The Kier molecular flexibility index (Phi) is 4.51. The van der Waals surface area contributed by atoms with Crippen LogP contribution in [0.2, 0.25) is 5.28 Å². The molecule has 5 rings (SSSR count). The standard InChI is InChI=1S/C15H13ClFN9O7/c16-13-20-8(18)4-9(21-13)26(2-19-4)10-5(17)15(31)6(32-10)7(15)33-14(11(27)28,12(29)30)1-3-22-24-25-23-3/h2,5-7,10,31H,1H2,(H,27,28)(H,29,30)(H2,18,20,21)(H,22,23,24,25)/t5-,6-,7?,10-,15+/m1/s1. The van der Waals surface area contributed by atoms with Crippen molar-refractivity contribution in [2.45, 2.75) is 42.2 Å². The van der Waals surface area contributed by atoms with Crippen molar-refractivity contribution in [3.63, 3.8) is 0 Å². The molecule has 2 aliphatic rings. The van der Waals surface area contributed by atoms with Gasteiger partial charge < -0.3 is 30.5 Å². The predicted octanol–water partition coefficient (Wildman–Crippen LogP) is -1.91. The smallest absolute Gasteiger partial charge is 0.348 e. The van der Waals surface area contributed by atoms with Gasteiger partial charge in [0.1, 0.15) is 17.7 Å². The molecule has 5 atom stereocenters. The number of nitrogens with two attached hydrogens (primary N) is 1. The Labute approximate surface area is 185 Å². The van der Waals surface area contributed by atoms with E-state index < -0.39 is 54.2 Å². The van der Waals surface area contributed by atoms with E-state index in [9.17, 15) is 24.9 Å². The molecule has 0 spiro atoms. The molecule has 0 amide bonds. The summed E-state index contributed by atoms with van der Waals surface area (Å²) in [5.41, 5.74) is 0.585. The normalized spacial score (nSPS) is 28.7. The van der Waals surface area contributed by atoms with Gasteiger partial charge in [-0.1, -0.05) is 5.21 Å². The van der Waals surface area contributed by atoms with Crippen molar-refractivity contribution < 1.29 is 38.8 Å². The van der Waals surface area contributed by atoms with Crippen LogP contribution in [0.15, 0.2) is 6.33 Å². The van der Waals surface area contributed by atoms with Gasteiger partial charge in [-0.05, 0) is 11.6 Å². The number of hydrogen-bond acceptors (Lipinski definition) is 12. The van der Waals surface area contributed by atoms with Crippen LogP contribution in [0.5, 0.6) is 0 Å². The molecular weight excluding hydrogens is 473 g/mol. The SMILES string of the molecule is Nc1nc(Cl)nc2c1ncn2[C@@H]1O[C@@H]2C(OC(Cc3nn[nH]n3)(C(=O)O)C(=O)O)[C@]2(O)[C@@H]1F. The number of aliphatic carboxylic acids is 2. The molecule has 18 heteroatoms. The zero-order valence-corrected chi connectivity index (χ0v) is 16.8. The summed E-state index contributed by atoms with van der Waals surface area (Å²) in [6, 6.07) is 0. The fraction of sp³-hybridized carbons (Fsp3) is 0.467. The van der Waals surface area contributed by atoms with Gasteiger partial charge in [0.15, 0.2) is 35.3 Å². The second kappa shape index (κ2) is 6.98. The summed E-state index contributed by atoms with van der Waals surface area (Å²) in [5.74, 6) is -4.17. The minimum absolute atomic E-state index is 0.0324. The van der Waals surface area contributed by atoms with Crippen LogP contribution >= 0.6 is 11.6 Å². The highest BCUT2D eigenvalue weighted by atomic mass is 35.5. The van der Waals surface area contributed by atoms with Crippen molar-refractivity contribution in [1.82, 2.24) is 40.1 Å². The Bertz CT molecular complexity index is 1260. The Morgan fingerprint density at radius 1 is 1.39 bits per heavy atom. The molecule has 0 radical (unpaired) electrons. The summed E-state index contributed by atoms with van der Waals surface area (Å²) in [5, 5.41) is 42.1. The van der Waals surface area contributed by atoms with E-state index in [1.54, 1.807) is 0 Å². The van der Waals surface area contributed by atoms with Crippen LogP contribution < -0.4 is 5.73 Å². The van der Waals surface area contributed by atoms with E-state index in [0.717, 1.165) is 10.9 Å². The van der Waals surface area contributed by atoms with Gasteiger partial charge >= 0.3 is 11.9 Å². The van der Waals surface area contributed by atoms with E-state index in [4.69, 9.17) is 26.8 Å². The average molecular weight is 486 g/mol. The van der Waals surface area contributed by atoms with E-state index in [0.29, 0.717) is 0 Å². The highest BCUT2D eigenvalue weighted by Crippen LogP contribution is 2.58. The first kappa shape index (κ1) is 21.3. The van der Waals surface area contributed by atoms with Crippen LogP contribution in [0.3, 0.4) is 0 Å². The number of tetrazole rings is 1. The first-order chi connectivity index (χ1) is 15.6. The lowest BCUT2D eigenvalue weighted by Crippen LogP contribution is -2.53. The number of hydrogen-bond donors (Lipinski definition) is 5. The highest BCUT2D eigenvalue weighted by Gasteiger charge is 2.80. The minimum Gasteiger partial charge on any atom is -0.479 e. The molecule has 0 aromatic carbocycles. The summed E-state index contributed by atoms with van der Waals surface area (Å²) in [6.07, 6.45) is -6.37. The van der Waals surface area contributed by atoms with Gasteiger partial charge in [0.05, 0.1) is 12.7 Å². The van der Waals surface area contributed by atoms with E-state index >= 15 is 4.39 Å². The van der Waals surface area contributed by atoms with Gasteiger partial charge in [0.2, 0.25) is 5.28 Å². The fourth-order valence-corrected chi connectivity index (χ4v) is 3.99. The highest BCUT2D eigenvalue weighted by molar-refractivity contribution is 6.28. The monoisotopic (exact) mass is 485 g/mol. The van der Waals surface area contributed by atoms with Crippen LogP contribution in [0.1, 0.15) is 12.1 Å². The van der Waals surface area contributed by atoms with Crippen molar-refractivity contribution in [3.05, 3.63) is 17.4 Å². The molecular formula is C15H13ClFN9O7. The molecule has 1 saturated heterocycles. The topological polar surface area (TPSA) is 237 Å². The third-order valence-corrected chi connectivity index (χ3v) is 5.74. The number of rotatable bonds is 7. The van der Waals surface area contributed by atoms with Crippen molar-refractivity contribution in [1.29, 1.82) is 0 Å². The summed E-state index contributed by atoms with van der Waals surface area (Å²) >= 11 is 5.80. The molecule has 174 valence electrons. The molecule has 3 aromatic rings. The van der Waals surface area contributed by atoms with Gasteiger partial charge in [-0.3, -0.25) is 4.57 Å². The summed E-state index contributed by atoms with van der Waals surface area (Å²) < 4.78 is 27.3. The number of nitrogens with zero attached hydrogens (tertiary/aromatic N) is 7. The Hall–Kier alpha value is -3.54. The van der Waals surface area contributed by atoms with Crippen LogP contribution in [0.4, 0.5) is 10.2 Å². The van der Waals surface area contributed by atoms with Crippen molar-refractivity contribution in [3.8, 4) is 0 Å². The number of imidazole rings is 1. The molecule has 1 aliphatic carbocycles. The van der Waals surface area contributed by atoms with Crippen LogP contribution in [-0.2, 0) is 25.5 Å². The number of H-pyrrole nitrogens is 1. The van der Waals surface area contributed by atoms with E-state index in [1.807, 2.05) is 0 Å². The van der Waals surface area contributed by atoms with E-state index in [1.165, 1.54) is 0 Å². The van der Waals surface area contributed by atoms with E-state index in [-0.39, 0.29) is 28.1 Å². The molecule has 1 unspecified atom stereocenters. The van der Waals surface area contributed by atoms with Gasteiger partial charge in [-0.25, -0.2) is 19.0 Å². The molecule has 4 heterocycles. The zero-order chi connectivity index (χ0) is 23.7. The van der Waals surface area contributed by atoms with Crippen molar-refractivity contribution in [2.24, 2.45) is 0 Å². The maximum absolute atomic E-state index is 15.4. The van der Waals surface area contributed by atoms with Gasteiger partial charge in [0.25, 0.3) is 5.60 Å². The quantitative estimate of drug-likeness (QED) is 0.181. The second-order valence-corrected chi connectivity index (χ2v) is 7.76. The number of carbonyl (C=O) groups is 2. The molecule has 6 N–H and O–H groups in total. The molecule has 1 saturated carbocycles. The number of nitrogens with one attached hydrogen (secondary N) is 1. The predicted molar refractivity (Wildman–Crippen MR) is 99.3 cm³/mol. The Morgan fingerprint density at radius 2 is 2.12 bits per heavy atom. The molecule has 16 nitrogen and oxygen atoms in total. The first-order valence-electron chi connectivity index (χ1n) is 9.14. The lowest BCUT2D eigenvalue weighted by molar-refractivity contribution is -0.194. The number of ether oxygens (including phenoxy) is 2. The fourth-order valence-electron chi connectivity index (χ4n) is 3.81. The largest absolute Gasteiger partial charge is 0.479 e. The number of alkyl halides is 1. The Morgan fingerprint density at radius 3 is 2.70 bits per heavy atom. The maximum atomic E-state index is 15.4. The number of fused-ring (bicyclic) bond motifs is 2. The first-order valence-corrected chi connectivity index (χ1v) is 9.51. The summed E-state index contributed by atoms with van der Waals surface area (Å²) in [6.45, 7) is 0. The van der Waals surface area contributed by atoms with Crippen LogP contribution in [0.25, 0.3) is 11.2 Å². The minimum atomic E-state index is -2.94. The number of nitrogen functional groups attached to an aromatic ring is 1. The summed E-state index contributed by atoms with van der Waals surface area (Å²) in [7, 11) is 0. The average Bonchev–Trinajstić information content (AvgIpc) is 3.21. The van der Waals surface area contributed by atoms with Gasteiger partial charge in [-0.15, -0.1) is 10.2 Å². The third-order valence-electron chi connectivity index (χ3n) is 5.57. The molecule has 3 aromatic heterocycles. The number of aromatic amines is 1. The van der Waals surface area contributed by atoms with Crippen molar-refractivity contribution in [2.75, 3.05) is 5.73 Å². The van der Waals surface area contributed by atoms with Gasteiger partial charge in [0, 0.05) is 0 Å². The number of halogens is 2.